The van der Waals surface area contributed by atoms with Crippen molar-refractivity contribution in [1.29, 1.82) is 0 Å². The van der Waals surface area contributed by atoms with Crippen LogP contribution in [0.5, 0.6) is 0 Å². The second-order valence-electron chi connectivity index (χ2n) is 5.67. The summed E-state index contributed by atoms with van der Waals surface area (Å²) in [7, 11) is 1.98. The summed E-state index contributed by atoms with van der Waals surface area (Å²) in [5, 5.41) is 4.45. The predicted octanol–water partition coefficient (Wildman–Crippen LogP) is 1.85. The topological polar surface area (TPSA) is 47.1 Å². The molecule has 0 aromatic carbocycles. The van der Waals surface area contributed by atoms with Gasteiger partial charge in [-0.2, -0.15) is 5.10 Å². The average Bonchev–Trinajstić information content (AvgIpc) is 2.52. The van der Waals surface area contributed by atoms with Crippen LogP contribution in [0.15, 0.2) is 6.20 Å². The fourth-order valence-corrected chi connectivity index (χ4v) is 3.01. The van der Waals surface area contributed by atoms with Crippen molar-refractivity contribution < 1.29 is 0 Å². The van der Waals surface area contributed by atoms with E-state index in [-0.39, 0.29) is 0 Å². The monoisotopic (exact) mass is 250 g/mol. The van der Waals surface area contributed by atoms with E-state index in [4.69, 9.17) is 5.73 Å². The molecule has 0 amide bonds. The third-order valence-electron chi connectivity index (χ3n) is 4.13. The Labute approximate surface area is 110 Å². The minimum atomic E-state index is 0.337. The molecule has 4 heteroatoms. The molecule has 18 heavy (non-hydrogen) atoms. The first-order valence-corrected chi connectivity index (χ1v) is 7.06. The lowest BCUT2D eigenvalue weighted by molar-refractivity contribution is 0.207. The zero-order valence-electron chi connectivity index (χ0n) is 11.9. The van der Waals surface area contributed by atoms with Gasteiger partial charge in [0.1, 0.15) is 0 Å². The van der Waals surface area contributed by atoms with Crippen molar-refractivity contribution >= 4 is 0 Å². The van der Waals surface area contributed by atoms with E-state index in [2.05, 4.69) is 30.0 Å². The smallest absolute Gasteiger partial charge is 0.0641 e. The first kappa shape index (κ1) is 13.6. The van der Waals surface area contributed by atoms with Crippen molar-refractivity contribution in [2.75, 3.05) is 19.6 Å². The average molecular weight is 250 g/mol. The molecule has 0 spiro atoms. The first-order chi connectivity index (χ1) is 8.61. The molecule has 2 unspecified atom stereocenters. The molecule has 1 aliphatic heterocycles. The van der Waals surface area contributed by atoms with Crippen molar-refractivity contribution in [2.24, 2.45) is 18.7 Å². The number of nitrogens with two attached hydrogens (primary N) is 1. The summed E-state index contributed by atoms with van der Waals surface area (Å²) in [5.74, 6) is 0.850. The van der Waals surface area contributed by atoms with Crippen LogP contribution in [0, 0.1) is 12.8 Å². The van der Waals surface area contributed by atoms with Crippen LogP contribution in [-0.2, 0) is 7.05 Å². The summed E-state index contributed by atoms with van der Waals surface area (Å²) >= 11 is 0. The van der Waals surface area contributed by atoms with Crippen LogP contribution in [0.4, 0.5) is 0 Å². The third kappa shape index (κ3) is 2.93. The Morgan fingerprint density at radius 2 is 2.22 bits per heavy atom. The fourth-order valence-electron chi connectivity index (χ4n) is 3.01. The molecule has 1 aromatic rings. The van der Waals surface area contributed by atoms with Crippen LogP contribution >= 0.6 is 0 Å². The molecule has 1 saturated heterocycles. The quantitative estimate of drug-likeness (QED) is 0.890. The van der Waals surface area contributed by atoms with E-state index in [0.717, 1.165) is 18.2 Å². The molecule has 1 fully saturated rings. The van der Waals surface area contributed by atoms with Crippen molar-refractivity contribution in [2.45, 2.75) is 39.2 Å². The van der Waals surface area contributed by atoms with Crippen molar-refractivity contribution in [3.8, 4) is 0 Å². The Morgan fingerprint density at radius 1 is 1.44 bits per heavy atom. The number of aryl methyl sites for hydroxylation is 2. The number of rotatable bonds is 3. The summed E-state index contributed by atoms with van der Waals surface area (Å²) in [5.41, 5.74) is 8.44. The van der Waals surface area contributed by atoms with Crippen LogP contribution in [0.3, 0.4) is 0 Å². The summed E-state index contributed by atoms with van der Waals surface area (Å²) < 4.78 is 1.90. The third-order valence-corrected chi connectivity index (χ3v) is 4.13. The minimum Gasteiger partial charge on any atom is -0.329 e. The summed E-state index contributed by atoms with van der Waals surface area (Å²) in [6.07, 6.45) is 6.05. The lowest BCUT2D eigenvalue weighted by Gasteiger charge is -2.29. The van der Waals surface area contributed by atoms with Gasteiger partial charge in [-0.05, 0) is 45.2 Å². The highest BCUT2D eigenvalue weighted by Gasteiger charge is 2.24. The number of likely N-dealkylation sites (tertiary alicyclic amines) is 1. The SMILES string of the molecule is Cc1nn(C)cc1C(CN)N1CCCC(C)CC1. The zero-order valence-corrected chi connectivity index (χ0v) is 11.9. The van der Waals surface area contributed by atoms with Gasteiger partial charge in [0.05, 0.1) is 11.7 Å². The molecule has 0 bridgehead atoms. The van der Waals surface area contributed by atoms with E-state index in [1.165, 1.54) is 31.4 Å². The van der Waals surface area contributed by atoms with Gasteiger partial charge < -0.3 is 5.73 Å². The number of aromatic nitrogens is 2. The van der Waals surface area contributed by atoms with Gasteiger partial charge in [0.2, 0.25) is 0 Å². The van der Waals surface area contributed by atoms with E-state index in [0.29, 0.717) is 12.6 Å². The Kier molecular flexibility index (Phi) is 4.40. The van der Waals surface area contributed by atoms with Gasteiger partial charge in [-0.3, -0.25) is 9.58 Å². The first-order valence-electron chi connectivity index (χ1n) is 7.06. The lowest BCUT2D eigenvalue weighted by atomic mass is 10.0. The highest BCUT2D eigenvalue weighted by Crippen LogP contribution is 2.26. The summed E-state index contributed by atoms with van der Waals surface area (Å²) in [6, 6.07) is 0.337. The fraction of sp³-hybridized carbons (Fsp3) is 0.786. The van der Waals surface area contributed by atoms with Crippen molar-refractivity contribution in [3.63, 3.8) is 0 Å². The van der Waals surface area contributed by atoms with Crippen LogP contribution < -0.4 is 5.73 Å². The molecule has 0 saturated carbocycles. The number of nitrogens with zero attached hydrogens (tertiary/aromatic N) is 3. The molecule has 2 N–H and O–H groups in total. The Morgan fingerprint density at radius 3 is 2.83 bits per heavy atom. The normalized spacial score (nSPS) is 23.9. The van der Waals surface area contributed by atoms with Crippen LogP contribution in [0.2, 0.25) is 0 Å². The largest absolute Gasteiger partial charge is 0.329 e. The minimum absolute atomic E-state index is 0.337. The lowest BCUT2D eigenvalue weighted by Crippen LogP contribution is -2.34. The van der Waals surface area contributed by atoms with E-state index >= 15 is 0 Å². The molecule has 2 atom stereocenters. The van der Waals surface area contributed by atoms with Crippen molar-refractivity contribution in [3.05, 3.63) is 17.5 Å². The maximum Gasteiger partial charge on any atom is 0.0641 e. The van der Waals surface area contributed by atoms with Gasteiger partial charge in [-0.15, -0.1) is 0 Å². The molecule has 2 heterocycles. The maximum absolute atomic E-state index is 6.02. The van der Waals surface area contributed by atoms with E-state index in [9.17, 15) is 0 Å². The van der Waals surface area contributed by atoms with E-state index < -0.39 is 0 Å². The Hall–Kier alpha value is -0.870. The van der Waals surface area contributed by atoms with Gasteiger partial charge in [0, 0.05) is 25.4 Å². The van der Waals surface area contributed by atoms with Crippen LogP contribution in [-0.4, -0.2) is 34.3 Å². The Bertz CT molecular complexity index is 385. The molecule has 2 rings (SSSR count). The van der Waals surface area contributed by atoms with Crippen LogP contribution in [0.1, 0.15) is 43.5 Å². The molecule has 4 nitrogen and oxygen atoms in total. The van der Waals surface area contributed by atoms with Crippen LogP contribution in [0.25, 0.3) is 0 Å². The molecule has 0 aliphatic carbocycles. The second kappa shape index (κ2) is 5.85. The summed E-state index contributed by atoms with van der Waals surface area (Å²) in [4.78, 5) is 2.55. The molecular weight excluding hydrogens is 224 g/mol. The second-order valence-corrected chi connectivity index (χ2v) is 5.67. The highest BCUT2D eigenvalue weighted by atomic mass is 15.3. The highest BCUT2D eigenvalue weighted by molar-refractivity contribution is 5.20. The molecule has 0 radical (unpaired) electrons. The standard InChI is InChI=1S/C14H26N4/c1-11-5-4-7-18(8-6-11)14(9-15)13-10-17(3)16-12(13)2/h10-11,14H,4-9,15H2,1-3H3. The number of hydrogen-bond donors (Lipinski definition) is 1. The van der Waals surface area contributed by atoms with Crippen molar-refractivity contribution in [1.82, 2.24) is 14.7 Å². The molecule has 1 aliphatic rings. The van der Waals surface area contributed by atoms with E-state index in [1.807, 2.05) is 11.7 Å². The Balaban J connectivity index is 2.15. The zero-order chi connectivity index (χ0) is 13.1. The van der Waals surface area contributed by atoms with Gasteiger partial charge >= 0.3 is 0 Å². The molecule has 1 aromatic heterocycles. The number of hydrogen-bond acceptors (Lipinski definition) is 3. The molecule has 102 valence electrons. The predicted molar refractivity (Wildman–Crippen MR) is 74.3 cm³/mol. The molecular formula is C14H26N4. The van der Waals surface area contributed by atoms with Gasteiger partial charge in [-0.1, -0.05) is 6.92 Å². The summed E-state index contributed by atoms with van der Waals surface area (Å²) in [6.45, 7) is 7.45. The van der Waals surface area contributed by atoms with Gasteiger partial charge in [0.15, 0.2) is 0 Å². The van der Waals surface area contributed by atoms with Gasteiger partial charge in [0.25, 0.3) is 0 Å². The maximum atomic E-state index is 6.02. The van der Waals surface area contributed by atoms with E-state index in [1.54, 1.807) is 0 Å². The van der Waals surface area contributed by atoms with Gasteiger partial charge in [-0.25, -0.2) is 0 Å².